The van der Waals surface area contributed by atoms with Crippen LogP contribution >= 0.6 is 0 Å². The molecule has 4 rings (SSSR count). The first kappa shape index (κ1) is 16.6. The van der Waals surface area contributed by atoms with Gasteiger partial charge in [0.15, 0.2) is 0 Å². The minimum atomic E-state index is -0.148. The topological polar surface area (TPSA) is 60.2 Å². The van der Waals surface area contributed by atoms with Crippen molar-refractivity contribution in [1.82, 2.24) is 9.99 Å². The fourth-order valence-electron chi connectivity index (χ4n) is 3.14. The van der Waals surface area contributed by atoms with E-state index in [-0.39, 0.29) is 5.91 Å². The maximum atomic E-state index is 13.1. The van der Waals surface area contributed by atoms with Crippen LogP contribution in [0.2, 0.25) is 0 Å². The normalized spacial score (nSPS) is 14.1. The van der Waals surface area contributed by atoms with Crippen molar-refractivity contribution in [2.24, 2.45) is 0 Å². The molecule has 0 bridgehead atoms. The number of hydrogen-bond acceptors (Lipinski definition) is 4. The molecule has 27 heavy (non-hydrogen) atoms. The highest BCUT2D eigenvalue weighted by Gasteiger charge is 2.35. The summed E-state index contributed by atoms with van der Waals surface area (Å²) < 4.78 is 0. The van der Waals surface area contributed by atoms with E-state index in [1.165, 1.54) is 0 Å². The number of rotatable bonds is 3. The number of hydrogen-bond donors (Lipinski definition) is 0. The Bertz CT molecular complexity index is 1070. The number of fused-ring (bicyclic) bond motifs is 1. The van der Waals surface area contributed by atoms with E-state index < -0.39 is 0 Å². The van der Waals surface area contributed by atoms with Gasteiger partial charge in [-0.25, -0.2) is 9.99 Å². The molecule has 0 N–H and O–H groups in total. The average molecular weight is 352 g/mol. The Labute approximate surface area is 157 Å². The zero-order chi connectivity index (χ0) is 18.8. The second-order valence-corrected chi connectivity index (χ2v) is 6.14. The van der Waals surface area contributed by atoms with E-state index in [0.717, 1.165) is 11.1 Å². The molecular weight excluding hydrogens is 336 g/mol. The number of amides is 1. The van der Waals surface area contributed by atoms with Crippen LogP contribution in [0.15, 0.2) is 72.9 Å². The van der Waals surface area contributed by atoms with E-state index >= 15 is 0 Å². The number of pyridine rings is 1. The van der Waals surface area contributed by atoms with Crippen molar-refractivity contribution in [3.63, 3.8) is 0 Å². The van der Waals surface area contributed by atoms with Crippen LogP contribution in [0, 0.1) is 11.3 Å². The predicted octanol–water partition coefficient (Wildman–Crippen LogP) is 3.96. The molecule has 1 amide bonds. The second kappa shape index (κ2) is 6.77. The largest absolute Gasteiger partial charge is 0.277 e. The Morgan fingerprint density at radius 3 is 2.52 bits per heavy atom. The van der Waals surface area contributed by atoms with Crippen molar-refractivity contribution in [3.05, 3.63) is 95.2 Å². The van der Waals surface area contributed by atoms with Gasteiger partial charge in [-0.15, -0.1) is 0 Å². The third-order valence-corrected chi connectivity index (χ3v) is 4.46. The number of aromatic nitrogens is 1. The summed E-state index contributed by atoms with van der Waals surface area (Å²) in [5, 5.41) is 12.6. The highest BCUT2D eigenvalue weighted by atomic mass is 16.2. The molecule has 5 heteroatoms. The smallest absolute Gasteiger partial charge is 0.267 e. The summed E-state index contributed by atoms with van der Waals surface area (Å²) in [6, 6.07) is 22.6. The summed E-state index contributed by atoms with van der Waals surface area (Å²) in [4.78, 5) is 17.5. The molecule has 0 fully saturated rings. The molecule has 0 atom stereocenters. The molecular formula is C22H16N4O. The van der Waals surface area contributed by atoms with Gasteiger partial charge in [0.25, 0.3) is 5.91 Å². The summed E-state index contributed by atoms with van der Waals surface area (Å²) >= 11 is 0. The van der Waals surface area contributed by atoms with Crippen LogP contribution < -0.4 is 5.01 Å². The highest BCUT2D eigenvalue weighted by Crippen LogP contribution is 2.36. The quantitative estimate of drug-likeness (QED) is 0.716. The Kier molecular flexibility index (Phi) is 4.15. The van der Waals surface area contributed by atoms with Gasteiger partial charge in [-0.05, 0) is 42.0 Å². The molecule has 0 aliphatic carbocycles. The molecule has 0 spiro atoms. The van der Waals surface area contributed by atoms with Crippen molar-refractivity contribution in [3.8, 4) is 6.07 Å². The van der Waals surface area contributed by atoms with Crippen molar-refractivity contribution in [1.29, 1.82) is 5.26 Å². The van der Waals surface area contributed by atoms with E-state index in [2.05, 4.69) is 11.1 Å². The lowest BCUT2D eigenvalue weighted by Crippen LogP contribution is -2.39. The Hall–Kier alpha value is -3.91. The second-order valence-electron chi connectivity index (χ2n) is 6.14. The van der Waals surface area contributed by atoms with Crippen molar-refractivity contribution >= 4 is 23.5 Å². The number of benzene rings is 2. The van der Waals surface area contributed by atoms with Crippen molar-refractivity contribution in [2.45, 2.75) is 0 Å². The third-order valence-electron chi connectivity index (χ3n) is 4.46. The minimum Gasteiger partial charge on any atom is -0.267 e. The number of carbonyl (C=O) groups is 1. The van der Waals surface area contributed by atoms with Crippen LogP contribution in [-0.2, 0) is 0 Å². The lowest BCUT2D eigenvalue weighted by molar-refractivity contribution is 0.0844. The number of hydrazine groups is 1. The van der Waals surface area contributed by atoms with Gasteiger partial charge in [0.1, 0.15) is 5.82 Å². The molecule has 0 saturated heterocycles. The Balaban J connectivity index is 1.88. The van der Waals surface area contributed by atoms with Crippen molar-refractivity contribution in [2.75, 3.05) is 12.1 Å². The monoisotopic (exact) mass is 352 g/mol. The van der Waals surface area contributed by atoms with Gasteiger partial charge in [-0.1, -0.05) is 36.4 Å². The Morgan fingerprint density at radius 1 is 1.04 bits per heavy atom. The lowest BCUT2D eigenvalue weighted by atomic mass is 10.0. The number of carbonyl (C=O) groups excluding carboxylic acids is 1. The fourth-order valence-corrected chi connectivity index (χ4v) is 3.14. The molecule has 1 aliphatic heterocycles. The molecule has 1 aromatic heterocycles. The molecule has 0 unspecified atom stereocenters. The highest BCUT2D eigenvalue weighted by molar-refractivity contribution is 6.12. The minimum absolute atomic E-state index is 0.148. The van der Waals surface area contributed by atoms with Gasteiger partial charge in [0.05, 0.1) is 22.9 Å². The van der Waals surface area contributed by atoms with Gasteiger partial charge < -0.3 is 0 Å². The standard InChI is InChI=1S/C22H16N4O/c1-25(21-9-5-6-12-24-21)26-20(14-16-7-3-2-4-8-16)19-13-17(15-23)10-11-18(19)22(26)27/h2-14H,1H3. The van der Waals surface area contributed by atoms with Gasteiger partial charge in [-0.3, -0.25) is 9.80 Å². The van der Waals surface area contributed by atoms with Crippen LogP contribution in [-0.4, -0.2) is 22.9 Å². The summed E-state index contributed by atoms with van der Waals surface area (Å²) in [5.74, 6) is 0.503. The first-order valence-corrected chi connectivity index (χ1v) is 8.49. The first-order valence-electron chi connectivity index (χ1n) is 8.49. The van der Waals surface area contributed by atoms with E-state index in [0.29, 0.717) is 22.6 Å². The van der Waals surface area contributed by atoms with Crippen LogP contribution in [0.25, 0.3) is 11.8 Å². The Morgan fingerprint density at radius 2 is 1.81 bits per heavy atom. The van der Waals surface area contributed by atoms with Crippen LogP contribution in [0.4, 0.5) is 5.82 Å². The maximum Gasteiger partial charge on any atom is 0.277 e. The van der Waals surface area contributed by atoms with Gasteiger partial charge in [0, 0.05) is 18.8 Å². The SMILES string of the molecule is CN(c1ccccn1)N1C(=O)c2ccc(C#N)cc2C1=Cc1ccccc1. The molecule has 3 aromatic rings. The van der Waals surface area contributed by atoms with E-state index in [4.69, 9.17) is 0 Å². The van der Waals surface area contributed by atoms with Gasteiger partial charge in [-0.2, -0.15) is 5.26 Å². The third kappa shape index (κ3) is 2.94. The molecule has 0 saturated carbocycles. The average Bonchev–Trinajstić information content (AvgIpc) is 3.00. The van der Waals surface area contributed by atoms with Gasteiger partial charge >= 0.3 is 0 Å². The first-order chi connectivity index (χ1) is 13.2. The predicted molar refractivity (Wildman–Crippen MR) is 104 cm³/mol. The van der Waals surface area contributed by atoms with Crippen LogP contribution in [0.1, 0.15) is 27.0 Å². The number of nitrogens with zero attached hydrogens (tertiary/aromatic N) is 4. The summed E-state index contributed by atoms with van der Waals surface area (Å²) in [5.41, 5.74) is 3.51. The number of anilines is 1. The summed E-state index contributed by atoms with van der Waals surface area (Å²) in [6.07, 6.45) is 3.64. The van der Waals surface area contributed by atoms with Gasteiger partial charge in [0.2, 0.25) is 0 Å². The maximum absolute atomic E-state index is 13.1. The van der Waals surface area contributed by atoms with E-state index in [1.807, 2.05) is 54.6 Å². The van der Waals surface area contributed by atoms with Crippen LogP contribution in [0.3, 0.4) is 0 Å². The molecule has 0 radical (unpaired) electrons. The zero-order valence-electron chi connectivity index (χ0n) is 14.7. The number of nitriles is 1. The van der Waals surface area contributed by atoms with Crippen LogP contribution in [0.5, 0.6) is 0 Å². The molecule has 1 aliphatic rings. The molecule has 2 aromatic carbocycles. The molecule has 5 nitrogen and oxygen atoms in total. The zero-order valence-corrected chi connectivity index (χ0v) is 14.7. The molecule has 130 valence electrons. The van der Waals surface area contributed by atoms with E-state index in [1.54, 1.807) is 41.5 Å². The van der Waals surface area contributed by atoms with E-state index in [9.17, 15) is 10.1 Å². The fraction of sp³-hybridized carbons (Fsp3) is 0.0455. The lowest BCUT2D eigenvalue weighted by Gasteiger charge is -2.30. The summed E-state index contributed by atoms with van der Waals surface area (Å²) in [6.45, 7) is 0. The van der Waals surface area contributed by atoms with Crippen molar-refractivity contribution < 1.29 is 4.79 Å². The summed E-state index contributed by atoms with van der Waals surface area (Å²) in [7, 11) is 1.80. The molecule has 2 heterocycles.